The highest BCUT2D eigenvalue weighted by Gasteiger charge is 2.07. The third-order valence-corrected chi connectivity index (χ3v) is 6.53. The summed E-state index contributed by atoms with van der Waals surface area (Å²) in [5, 5.41) is 8.40. The molecule has 0 aliphatic carbocycles. The minimum absolute atomic E-state index is 0.486. The van der Waals surface area contributed by atoms with E-state index in [0.29, 0.717) is 11.8 Å². The predicted molar refractivity (Wildman–Crippen MR) is 158 cm³/mol. The van der Waals surface area contributed by atoms with Crippen LogP contribution in [0, 0.1) is 0 Å². The molecule has 0 saturated heterocycles. The van der Waals surface area contributed by atoms with Crippen LogP contribution in [-0.4, -0.2) is 36.4 Å². The van der Waals surface area contributed by atoms with E-state index in [-0.39, 0.29) is 0 Å². The van der Waals surface area contributed by atoms with E-state index in [1.165, 1.54) is 16.9 Å². The summed E-state index contributed by atoms with van der Waals surface area (Å²) in [6.45, 7) is 12.7. The third kappa shape index (κ3) is 6.76. The molecule has 1 aromatic heterocycles. The molecule has 0 atom stereocenters. The number of rotatable bonds is 11. The van der Waals surface area contributed by atoms with E-state index < -0.39 is 0 Å². The van der Waals surface area contributed by atoms with Crippen molar-refractivity contribution in [2.75, 3.05) is 36.0 Å². The van der Waals surface area contributed by atoms with Gasteiger partial charge in [0.2, 0.25) is 11.8 Å². The van der Waals surface area contributed by atoms with Crippen LogP contribution < -0.4 is 9.80 Å². The van der Waals surface area contributed by atoms with E-state index in [0.717, 1.165) is 42.9 Å². The zero-order chi connectivity index (χ0) is 26.0. The lowest BCUT2D eigenvalue weighted by molar-refractivity contribution is 0.558. The molecule has 37 heavy (non-hydrogen) atoms. The zero-order valence-corrected chi connectivity index (χ0v) is 22.3. The number of anilines is 2. The molecule has 0 amide bonds. The van der Waals surface area contributed by atoms with Crippen LogP contribution in [0.5, 0.6) is 0 Å². The molecule has 0 saturated carbocycles. The fraction of sp³-hybridized carbons (Fsp3) is 0.250. The summed E-state index contributed by atoms with van der Waals surface area (Å²) in [7, 11) is 0. The lowest BCUT2D eigenvalue weighted by Gasteiger charge is -2.20. The molecule has 190 valence electrons. The van der Waals surface area contributed by atoms with Crippen molar-refractivity contribution in [3.8, 4) is 11.5 Å². The van der Waals surface area contributed by atoms with E-state index >= 15 is 0 Å². The summed E-state index contributed by atoms with van der Waals surface area (Å²) >= 11 is 0. The first kappa shape index (κ1) is 26.0. The van der Waals surface area contributed by atoms with Crippen LogP contribution >= 0.6 is 0 Å². The monoisotopic (exact) mass is 492 g/mol. The molecule has 0 spiro atoms. The second-order valence-corrected chi connectivity index (χ2v) is 8.76. The molecule has 1 heterocycles. The van der Waals surface area contributed by atoms with Crippen molar-refractivity contribution < 1.29 is 4.42 Å². The van der Waals surface area contributed by atoms with E-state index in [4.69, 9.17) is 4.42 Å². The minimum atomic E-state index is 0.486. The first-order valence-corrected chi connectivity index (χ1v) is 13.1. The second kappa shape index (κ2) is 12.7. The molecular formula is C32H36N4O. The Balaban J connectivity index is 1.37. The Labute approximate surface area is 220 Å². The maximum atomic E-state index is 5.87. The van der Waals surface area contributed by atoms with Crippen molar-refractivity contribution >= 4 is 35.7 Å². The zero-order valence-electron chi connectivity index (χ0n) is 22.3. The number of hydrogen-bond donors (Lipinski definition) is 0. The van der Waals surface area contributed by atoms with Gasteiger partial charge in [-0.3, -0.25) is 0 Å². The highest BCUT2D eigenvalue weighted by atomic mass is 16.4. The van der Waals surface area contributed by atoms with Crippen molar-refractivity contribution in [2.24, 2.45) is 0 Å². The summed E-state index contributed by atoms with van der Waals surface area (Å²) in [5.74, 6) is 0.999. The summed E-state index contributed by atoms with van der Waals surface area (Å²) < 4.78 is 5.87. The lowest BCUT2D eigenvalue weighted by atomic mass is 10.1. The van der Waals surface area contributed by atoms with Crippen molar-refractivity contribution in [1.82, 2.24) is 10.2 Å². The van der Waals surface area contributed by atoms with Gasteiger partial charge < -0.3 is 14.2 Å². The maximum absolute atomic E-state index is 5.87. The second-order valence-electron chi connectivity index (χ2n) is 8.76. The van der Waals surface area contributed by atoms with E-state index in [9.17, 15) is 0 Å². The molecule has 0 unspecified atom stereocenters. The Morgan fingerprint density at radius 1 is 0.541 bits per heavy atom. The fourth-order valence-corrected chi connectivity index (χ4v) is 4.29. The van der Waals surface area contributed by atoms with Gasteiger partial charge in [-0.2, -0.15) is 0 Å². The Morgan fingerprint density at radius 3 is 1.38 bits per heavy atom. The molecule has 0 radical (unpaired) electrons. The van der Waals surface area contributed by atoms with Crippen molar-refractivity contribution in [2.45, 2.75) is 27.7 Å². The van der Waals surface area contributed by atoms with Crippen molar-refractivity contribution in [1.29, 1.82) is 0 Å². The molecule has 4 aromatic rings. The largest absolute Gasteiger partial charge is 0.417 e. The molecule has 0 N–H and O–H groups in total. The average Bonchev–Trinajstić information content (AvgIpc) is 3.43. The van der Waals surface area contributed by atoms with Gasteiger partial charge in [-0.05, 0) is 86.9 Å². The number of hydrogen-bond acceptors (Lipinski definition) is 5. The van der Waals surface area contributed by atoms with Crippen LogP contribution in [0.1, 0.15) is 50.3 Å². The quantitative estimate of drug-likeness (QED) is 0.200. The first-order chi connectivity index (χ1) is 18.1. The van der Waals surface area contributed by atoms with Gasteiger partial charge in [0.25, 0.3) is 0 Å². The van der Waals surface area contributed by atoms with Gasteiger partial charge in [-0.15, -0.1) is 10.2 Å². The highest BCUT2D eigenvalue weighted by Crippen LogP contribution is 2.22. The van der Waals surface area contributed by atoms with Crippen molar-refractivity contribution in [3.63, 3.8) is 0 Å². The Bertz CT molecular complexity index is 1290. The van der Waals surface area contributed by atoms with Gasteiger partial charge >= 0.3 is 0 Å². The molecule has 4 rings (SSSR count). The van der Waals surface area contributed by atoms with E-state index in [2.05, 4.69) is 121 Å². The normalized spacial score (nSPS) is 11.5. The van der Waals surface area contributed by atoms with Gasteiger partial charge in [0.1, 0.15) is 0 Å². The van der Waals surface area contributed by atoms with Crippen LogP contribution in [0.4, 0.5) is 11.4 Å². The van der Waals surface area contributed by atoms with Crippen LogP contribution in [0.2, 0.25) is 0 Å². The average molecular weight is 493 g/mol. The minimum Gasteiger partial charge on any atom is -0.417 e. The third-order valence-electron chi connectivity index (χ3n) is 6.53. The summed E-state index contributed by atoms with van der Waals surface area (Å²) in [6.07, 6.45) is 8.09. The molecule has 5 heteroatoms. The lowest BCUT2D eigenvalue weighted by Crippen LogP contribution is -2.21. The molecule has 0 aliphatic rings. The van der Waals surface area contributed by atoms with Crippen LogP contribution in [0.25, 0.3) is 35.8 Å². The van der Waals surface area contributed by atoms with E-state index in [1.54, 1.807) is 0 Å². The van der Waals surface area contributed by atoms with Gasteiger partial charge in [0.05, 0.1) is 0 Å². The van der Waals surface area contributed by atoms with Crippen LogP contribution in [0.3, 0.4) is 0 Å². The van der Waals surface area contributed by atoms with Crippen molar-refractivity contribution in [3.05, 3.63) is 95.4 Å². The maximum Gasteiger partial charge on any atom is 0.248 e. The van der Waals surface area contributed by atoms with Crippen LogP contribution in [0.15, 0.2) is 77.2 Å². The molecule has 5 nitrogen and oxygen atoms in total. The number of benzene rings is 3. The Kier molecular flexibility index (Phi) is 8.93. The molecule has 0 bridgehead atoms. The summed E-state index contributed by atoms with van der Waals surface area (Å²) in [4.78, 5) is 4.67. The highest BCUT2D eigenvalue weighted by molar-refractivity contribution is 5.72. The van der Waals surface area contributed by atoms with Gasteiger partial charge in [-0.1, -0.05) is 48.6 Å². The smallest absolute Gasteiger partial charge is 0.248 e. The molecule has 3 aromatic carbocycles. The Morgan fingerprint density at radius 2 is 0.946 bits per heavy atom. The van der Waals surface area contributed by atoms with Crippen LogP contribution in [-0.2, 0) is 0 Å². The van der Waals surface area contributed by atoms with Gasteiger partial charge in [0.15, 0.2) is 0 Å². The SMILES string of the molecule is CCN(CC)c1ccc(C=Cc2ccc(-c3nnc(C=Cc4ccc(N(CC)CC)cc4)o3)cc2)cc1. The van der Waals surface area contributed by atoms with Gasteiger partial charge in [0, 0.05) is 49.2 Å². The predicted octanol–water partition coefficient (Wildman–Crippen LogP) is 7.77. The molecule has 0 aliphatic heterocycles. The first-order valence-electron chi connectivity index (χ1n) is 13.1. The number of aromatic nitrogens is 2. The molecule has 0 fully saturated rings. The number of nitrogens with zero attached hydrogens (tertiary/aromatic N) is 4. The summed E-state index contributed by atoms with van der Waals surface area (Å²) in [6, 6.07) is 25.3. The van der Waals surface area contributed by atoms with Gasteiger partial charge in [-0.25, -0.2) is 0 Å². The topological polar surface area (TPSA) is 45.4 Å². The molecular weight excluding hydrogens is 456 g/mol. The fourth-order valence-electron chi connectivity index (χ4n) is 4.29. The summed E-state index contributed by atoms with van der Waals surface area (Å²) in [5.41, 5.74) is 6.77. The van der Waals surface area contributed by atoms with E-state index in [1.807, 2.05) is 24.3 Å². The standard InChI is InChI=1S/C32H36N4O/c1-5-35(6-2)29-20-13-26(14-21-29)10-9-25-11-18-28(19-12-25)32-34-33-31(37-32)24-17-27-15-22-30(23-16-27)36(7-3)8-4/h9-24H,5-8H2,1-4H3. The Hall–Kier alpha value is -4.12.